The summed E-state index contributed by atoms with van der Waals surface area (Å²) in [6, 6.07) is 5.88. The normalized spacial score (nSPS) is 13.4. The molecule has 0 saturated carbocycles. The van der Waals surface area contributed by atoms with Crippen LogP contribution < -0.4 is 10.6 Å². The Kier molecular flexibility index (Phi) is 5.28. The number of benzene rings is 1. The Morgan fingerprint density at radius 2 is 2.22 bits per heavy atom. The molecule has 0 saturated heterocycles. The Labute approximate surface area is 113 Å². The molecule has 18 heavy (non-hydrogen) atoms. The van der Waals surface area contributed by atoms with Crippen molar-refractivity contribution < 1.29 is 5.21 Å². The van der Waals surface area contributed by atoms with Crippen LogP contribution in [0.25, 0.3) is 0 Å². The standard InChI is InChI=1S/C13H20ClN3O/c1-4-6-9(2)17(3)11-8-5-7-10(14)12(11)13(15)16-18/h5,7-9,18H,4,6H2,1-3H3,(H2,15,16). The van der Waals surface area contributed by atoms with Crippen LogP contribution in [-0.4, -0.2) is 24.1 Å². The van der Waals surface area contributed by atoms with E-state index in [2.05, 4.69) is 23.9 Å². The lowest BCUT2D eigenvalue weighted by atomic mass is 10.1. The fourth-order valence-electron chi connectivity index (χ4n) is 1.96. The van der Waals surface area contributed by atoms with Crippen molar-refractivity contribution in [2.75, 3.05) is 11.9 Å². The first-order chi connectivity index (χ1) is 8.52. The van der Waals surface area contributed by atoms with E-state index in [4.69, 9.17) is 22.5 Å². The Morgan fingerprint density at radius 1 is 1.56 bits per heavy atom. The molecule has 0 fully saturated rings. The number of anilines is 1. The number of hydrogen-bond donors (Lipinski definition) is 2. The van der Waals surface area contributed by atoms with Crippen molar-refractivity contribution in [3.63, 3.8) is 0 Å². The average molecular weight is 270 g/mol. The third kappa shape index (κ3) is 3.07. The molecule has 0 heterocycles. The van der Waals surface area contributed by atoms with Crippen molar-refractivity contribution in [3.05, 3.63) is 28.8 Å². The highest BCUT2D eigenvalue weighted by molar-refractivity contribution is 6.34. The van der Waals surface area contributed by atoms with Gasteiger partial charge in [-0.2, -0.15) is 0 Å². The predicted molar refractivity (Wildman–Crippen MR) is 76.7 cm³/mol. The van der Waals surface area contributed by atoms with Crippen LogP contribution in [0.3, 0.4) is 0 Å². The lowest BCUT2D eigenvalue weighted by Crippen LogP contribution is -2.31. The van der Waals surface area contributed by atoms with E-state index >= 15 is 0 Å². The summed E-state index contributed by atoms with van der Waals surface area (Å²) in [7, 11) is 1.99. The van der Waals surface area contributed by atoms with E-state index in [1.807, 2.05) is 19.2 Å². The van der Waals surface area contributed by atoms with E-state index in [0.29, 0.717) is 16.6 Å². The summed E-state index contributed by atoms with van der Waals surface area (Å²) in [6.45, 7) is 4.28. The smallest absolute Gasteiger partial charge is 0.173 e. The van der Waals surface area contributed by atoms with Gasteiger partial charge in [0.1, 0.15) is 0 Å². The predicted octanol–water partition coefficient (Wildman–Crippen LogP) is 3.06. The Morgan fingerprint density at radius 3 is 2.78 bits per heavy atom. The summed E-state index contributed by atoms with van der Waals surface area (Å²) in [4.78, 5) is 2.10. The zero-order valence-electron chi connectivity index (χ0n) is 11.0. The van der Waals surface area contributed by atoms with Gasteiger partial charge in [-0.15, -0.1) is 0 Å². The maximum Gasteiger partial charge on any atom is 0.173 e. The first-order valence-electron chi connectivity index (χ1n) is 6.02. The molecule has 1 aromatic rings. The van der Waals surface area contributed by atoms with Gasteiger partial charge in [0.25, 0.3) is 0 Å². The fraction of sp³-hybridized carbons (Fsp3) is 0.462. The van der Waals surface area contributed by atoms with Gasteiger partial charge in [0, 0.05) is 18.8 Å². The highest BCUT2D eigenvalue weighted by atomic mass is 35.5. The van der Waals surface area contributed by atoms with Crippen LogP contribution in [-0.2, 0) is 0 Å². The molecule has 0 aliphatic rings. The van der Waals surface area contributed by atoms with Crippen molar-refractivity contribution in [3.8, 4) is 0 Å². The first-order valence-corrected chi connectivity index (χ1v) is 6.39. The molecule has 5 heteroatoms. The monoisotopic (exact) mass is 269 g/mol. The molecule has 0 spiro atoms. The Balaban J connectivity index is 3.20. The minimum Gasteiger partial charge on any atom is -0.409 e. The summed E-state index contributed by atoms with van der Waals surface area (Å²) >= 11 is 6.13. The number of amidine groups is 1. The number of halogens is 1. The van der Waals surface area contributed by atoms with E-state index in [0.717, 1.165) is 18.5 Å². The molecular weight excluding hydrogens is 250 g/mol. The van der Waals surface area contributed by atoms with E-state index in [9.17, 15) is 0 Å². The van der Waals surface area contributed by atoms with E-state index < -0.39 is 0 Å². The van der Waals surface area contributed by atoms with Gasteiger partial charge in [-0.05, 0) is 25.5 Å². The molecule has 0 bridgehead atoms. The molecule has 1 rings (SSSR count). The lowest BCUT2D eigenvalue weighted by molar-refractivity contribution is 0.318. The highest BCUT2D eigenvalue weighted by Gasteiger charge is 2.17. The van der Waals surface area contributed by atoms with Crippen molar-refractivity contribution in [2.45, 2.75) is 32.7 Å². The largest absolute Gasteiger partial charge is 0.409 e. The van der Waals surface area contributed by atoms with Gasteiger partial charge in [0.2, 0.25) is 0 Å². The summed E-state index contributed by atoms with van der Waals surface area (Å²) in [6.07, 6.45) is 2.17. The molecular formula is C13H20ClN3O. The molecule has 0 amide bonds. The second-order valence-corrected chi connectivity index (χ2v) is 4.78. The Hall–Kier alpha value is -1.42. The molecule has 0 radical (unpaired) electrons. The van der Waals surface area contributed by atoms with E-state index in [1.165, 1.54) is 0 Å². The molecule has 0 aromatic heterocycles. The van der Waals surface area contributed by atoms with Gasteiger partial charge in [0.05, 0.1) is 10.6 Å². The van der Waals surface area contributed by atoms with E-state index in [-0.39, 0.29) is 5.84 Å². The number of oxime groups is 1. The van der Waals surface area contributed by atoms with Crippen molar-refractivity contribution >= 4 is 23.1 Å². The van der Waals surface area contributed by atoms with Crippen LogP contribution in [0, 0.1) is 0 Å². The van der Waals surface area contributed by atoms with Crippen LogP contribution in [0.5, 0.6) is 0 Å². The number of nitrogens with two attached hydrogens (primary N) is 1. The molecule has 1 atom stereocenters. The zero-order chi connectivity index (χ0) is 13.7. The SMILES string of the molecule is CCCC(C)N(C)c1cccc(Cl)c1C(N)=NO. The second kappa shape index (κ2) is 6.50. The molecule has 0 aliphatic heterocycles. The first kappa shape index (κ1) is 14.6. The third-order valence-electron chi connectivity index (χ3n) is 3.10. The van der Waals surface area contributed by atoms with Crippen LogP contribution >= 0.6 is 11.6 Å². The second-order valence-electron chi connectivity index (χ2n) is 4.37. The van der Waals surface area contributed by atoms with Crippen molar-refractivity contribution in [1.82, 2.24) is 0 Å². The maximum absolute atomic E-state index is 8.85. The summed E-state index contributed by atoms with van der Waals surface area (Å²) in [5.41, 5.74) is 7.15. The Bertz CT molecular complexity index is 434. The summed E-state index contributed by atoms with van der Waals surface area (Å²) in [5, 5.41) is 12.4. The number of nitrogens with zero attached hydrogens (tertiary/aromatic N) is 2. The lowest BCUT2D eigenvalue weighted by Gasteiger charge is -2.29. The van der Waals surface area contributed by atoms with Crippen LogP contribution in [0.4, 0.5) is 5.69 Å². The van der Waals surface area contributed by atoms with Gasteiger partial charge in [-0.1, -0.05) is 36.2 Å². The maximum atomic E-state index is 8.85. The zero-order valence-corrected chi connectivity index (χ0v) is 11.8. The molecule has 3 N–H and O–H groups in total. The average Bonchev–Trinajstić information content (AvgIpc) is 2.37. The van der Waals surface area contributed by atoms with Gasteiger partial charge >= 0.3 is 0 Å². The number of hydrogen-bond acceptors (Lipinski definition) is 3. The van der Waals surface area contributed by atoms with Gasteiger partial charge in [0.15, 0.2) is 5.84 Å². The number of rotatable bonds is 5. The van der Waals surface area contributed by atoms with Crippen molar-refractivity contribution in [2.24, 2.45) is 10.9 Å². The van der Waals surface area contributed by atoms with Crippen LogP contribution in [0.15, 0.2) is 23.4 Å². The van der Waals surface area contributed by atoms with Gasteiger partial charge < -0.3 is 15.8 Å². The van der Waals surface area contributed by atoms with Gasteiger partial charge in [-0.3, -0.25) is 0 Å². The van der Waals surface area contributed by atoms with Gasteiger partial charge in [-0.25, -0.2) is 0 Å². The molecule has 1 aromatic carbocycles. The van der Waals surface area contributed by atoms with Crippen LogP contribution in [0.2, 0.25) is 5.02 Å². The minimum absolute atomic E-state index is 0.0335. The quantitative estimate of drug-likeness (QED) is 0.374. The molecule has 100 valence electrons. The minimum atomic E-state index is 0.0335. The summed E-state index contributed by atoms with van der Waals surface area (Å²) < 4.78 is 0. The molecule has 1 unspecified atom stereocenters. The summed E-state index contributed by atoms with van der Waals surface area (Å²) in [5.74, 6) is 0.0335. The molecule has 0 aliphatic carbocycles. The van der Waals surface area contributed by atoms with E-state index in [1.54, 1.807) is 6.07 Å². The molecule has 4 nitrogen and oxygen atoms in total. The highest BCUT2D eigenvalue weighted by Crippen LogP contribution is 2.28. The van der Waals surface area contributed by atoms with Crippen LogP contribution in [0.1, 0.15) is 32.3 Å². The fourth-order valence-corrected chi connectivity index (χ4v) is 2.23. The van der Waals surface area contributed by atoms with Crippen molar-refractivity contribution in [1.29, 1.82) is 0 Å². The topological polar surface area (TPSA) is 61.8 Å². The third-order valence-corrected chi connectivity index (χ3v) is 3.42.